The zero-order chi connectivity index (χ0) is 22.8. The number of nitrogens with zero attached hydrogens (tertiary/aromatic N) is 3. The lowest BCUT2D eigenvalue weighted by Gasteiger charge is -2.35. The highest BCUT2D eigenvalue weighted by molar-refractivity contribution is 5.97. The summed E-state index contributed by atoms with van der Waals surface area (Å²) in [4.78, 5) is 31.2. The molecule has 33 heavy (non-hydrogen) atoms. The first-order chi connectivity index (χ1) is 16.1. The Labute approximate surface area is 192 Å². The van der Waals surface area contributed by atoms with Crippen LogP contribution in [0.15, 0.2) is 42.5 Å². The number of hydrogen-bond acceptors (Lipinski definition) is 6. The smallest absolute Gasteiger partial charge is 0.317 e. The average Bonchev–Trinajstić information content (AvgIpc) is 3.45. The fourth-order valence-electron chi connectivity index (χ4n) is 4.50. The Balaban J connectivity index is 1.11. The zero-order valence-electron chi connectivity index (χ0n) is 18.7. The van der Waals surface area contributed by atoms with Crippen LogP contribution in [-0.4, -0.2) is 74.4 Å². The van der Waals surface area contributed by atoms with Gasteiger partial charge in [-0.15, -0.1) is 0 Å². The van der Waals surface area contributed by atoms with E-state index in [1.165, 1.54) is 5.56 Å². The number of methoxy groups -OCH3 is 1. The van der Waals surface area contributed by atoms with E-state index in [0.29, 0.717) is 31.8 Å². The number of nitrogens with one attached hydrogen (secondary N) is 1. The maximum absolute atomic E-state index is 12.8. The highest BCUT2D eigenvalue weighted by Crippen LogP contribution is 2.33. The summed E-state index contributed by atoms with van der Waals surface area (Å²) in [7, 11) is 1.60. The molecular weight excluding hydrogens is 424 g/mol. The molecular formula is C24H28N4O5. The predicted octanol–water partition coefficient (Wildman–Crippen LogP) is 2.06. The average molecular weight is 453 g/mol. The first kappa shape index (κ1) is 21.4. The van der Waals surface area contributed by atoms with Crippen LogP contribution in [0.25, 0.3) is 0 Å². The summed E-state index contributed by atoms with van der Waals surface area (Å²) in [5.41, 5.74) is 1.95. The highest BCUT2D eigenvalue weighted by Gasteiger charge is 2.33. The minimum Gasteiger partial charge on any atom is -0.497 e. The molecule has 0 bridgehead atoms. The van der Waals surface area contributed by atoms with Gasteiger partial charge in [-0.25, -0.2) is 4.79 Å². The maximum atomic E-state index is 12.8. The summed E-state index contributed by atoms with van der Waals surface area (Å²) in [6.45, 7) is 4.42. The highest BCUT2D eigenvalue weighted by atomic mass is 16.7. The van der Waals surface area contributed by atoms with Crippen LogP contribution in [-0.2, 0) is 11.3 Å². The maximum Gasteiger partial charge on any atom is 0.317 e. The third-order valence-electron chi connectivity index (χ3n) is 6.32. The second kappa shape index (κ2) is 9.19. The van der Waals surface area contributed by atoms with Gasteiger partial charge >= 0.3 is 6.03 Å². The monoisotopic (exact) mass is 452 g/mol. The quantitative estimate of drug-likeness (QED) is 0.748. The fraction of sp³-hybridized carbons (Fsp3) is 0.417. The molecule has 3 heterocycles. The topological polar surface area (TPSA) is 83.6 Å². The van der Waals surface area contributed by atoms with Gasteiger partial charge < -0.3 is 29.3 Å². The van der Waals surface area contributed by atoms with E-state index in [1.54, 1.807) is 12.0 Å². The van der Waals surface area contributed by atoms with Gasteiger partial charge in [0.2, 0.25) is 12.7 Å². The second-order valence-corrected chi connectivity index (χ2v) is 8.51. The van der Waals surface area contributed by atoms with Crippen molar-refractivity contribution in [2.45, 2.75) is 19.0 Å². The van der Waals surface area contributed by atoms with Gasteiger partial charge in [-0.3, -0.25) is 9.69 Å². The number of urea groups is 1. The number of ether oxygens (including phenoxy) is 3. The van der Waals surface area contributed by atoms with Crippen LogP contribution in [0.5, 0.6) is 17.2 Å². The molecule has 0 aromatic heterocycles. The molecule has 0 aliphatic carbocycles. The lowest BCUT2D eigenvalue weighted by Crippen LogP contribution is -2.53. The van der Waals surface area contributed by atoms with E-state index in [2.05, 4.69) is 16.3 Å². The van der Waals surface area contributed by atoms with Crippen molar-refractivity contribution in [3.8, 4) is 17.2 Å². The minimum atomic E-state index is -0.206. The van der Waals surface area contributed by atoms with Crippen LogP contribution in [0.1, 0.15) is 12.0 Å². The van der Waals surface area contributed by atoms with Crippen molar-refractivity contribution in [3.05, 3.63) is 48.0 Å². The van der Waals surface area contributed by atoms with Crippen LogP contribution in [0, 0.1) is 0 Å². The number of carbonyl (C=O) groups excluding carboxylic acids is 2. The summed E-state index contributed by atoms with van der Waals surface area (Å²) in [5.74, 6) is 2.28. The van der Waals surface area contributed by atoms with E-state index in [1.807, 2.05) is 41.3 Å². The van der Waals surface area contributed by atoms with E-state index in [4.69, 9.17) is 14.2 Å². The Morgan fingerprint density at radius 3 is 2.73 bits per heavy atom. The number of fused-ring (bicyclic) bond motifs is 1. The molecule has 3 amide bonds. The minimum absolute atomic E-state index is 0.00194. The molecule has 2 aromatic rings. The van der Waals surface area contributed by atoms with E-state index in [0.717, 1.165) is 36.8 Å². The van der Waals surface area contributed by atoms with Gasteiger partial charge in [0.15, 0.2) is 11.5 Å². The first-order valence-corrected chi connectivity index (χ1v) is 11.2. The Kier molecular flexibility index (Phi) is 5.95. The van der Waals surface area contributed by atoms with Crippen molar-refractivity contribution in [1.82, 2.24) is 15.1 Å². The summed E-state index contributed by atoms with van der Waals surface area (Å²) >= 11 is 0. The van der Waals surface area contributed by atoms with Crippen molar-refractivity contribution < 1.29 is 23.8 Å². The number of amides is 3. The van der Waals surface area contributed by atoms with Gasteiger partial charge in [0.05, 0.1) is 13.2 Å². The predicted molar refractivity (Wildman–Crippen MR) is 122 cm³/mol. The standard InChI is InChI=1S/C24H28N4O5/c1-31-20-4-2-3-19(13-20)28-15-18(12-23(28)29)25-24(30)27-9-7-26(8-10-27)14-17-5-6-21-22(11-17)33-16-32-21/h2-6,11,13,18H,7-10,12,14-16H2,1H3,(H,25,30)/t18-/m0/s1. The third-order valence-corrected chi connectivity index (χ3v) is 6.32. The molecule has 9 nitrogen and oxygen atoms in total. The molecule has 0 unspecified atom stereocenters. The molecule has 2 aromatic carbocycles. The Morgan fingerprint density at radius 1 is 1.09 bits per heavy atom. The summed E-state index contributed by atoms with van der Waals surface area (Å²) in [6, 6.07) is 13.1. The summed E-state index contributed by atoms with van der Waals surface area (Å²) < 4.78 is 16.1. The van der Waals surface area contributed by atoms with Crippen molar-refractivity contribution >= 4 is 17.6 Å². The molecule has 174 valence electrons. The third kappa shape index (κ3) is 4.68. The SMILES string of the molecule is COc1cccc(N2C[C@@H](NC(=O)N3CCN(Cc4ccc5c(c4)OCO5)CC3)CC2=O)c1. The van der Waals surface area contributed by atoms with Crippen molar-refractivity contribution in [2.24, 2.45) is 0 Å². The summed E-state index contributed by atoms with van der Waals surface area (Å²) in [6.07, 6.45) is 0.299. The largest absolute Gasteiger partial charge is 0.497 e. The van der Waals surface area contributed by atoms with E-state index < -0.39 is 0 Å². The first-order valence-electron chi connectivity index (χ1n) is 11.2. The number of piperazine rings is 1. The lowest BCUT2D eigenvalue weighted by molar-refractivity contribution is -0.117. The molecule has 1 N–H and O–H groups in total. The van der Waals surface area contributed by atoms with Gasteiger partial charge in [-0.2, -0.15) is 0 Å². The van der Waals surface area contributed by atoms with E-state index >= 15 is 0 Å². The Morgan fingerprint density at radius 2 is 1.91 bits per heavy atom. The van der Waals surface area contributed by atoms with Crippen LogP contribution >= 0.6 is 0 Å². The molecule has 0 radical (unpaired) electrons. The molecule has 3 aliphatic rings. The van der Waals surface area contributed by atoms with Gasteiger partial charge in [0.25, 0.3) is 0 Å². The molecule has 9 heteroatoms. The molecule has 1 atom stereocenters. The normalized spacial score (nSPS) is 20.3. The van der Waals surface area contributed by atoms with Gasteiger partial charge in [0, 0.05) is 57.4 Å². The second-order valence-electron chi connectivity index (χ2n) is 8.51. The number of rotatable bonds is 5. The number of carbonyl (C=O) groups is 2. The fourth-order valence-corrected chi connectivity index (χ4v) is 4.50. The Bertz CT molecular complexity index is 1040. The number of benzene rings is 2. The van der Waals surface area contributed by atoms with Crippen LogP contribution in [0.3, 0.4) is 0 Å². The molecule has 3 aliphatic heterocycles. The summed E-state index contributed by atoms with van der Waals surface area (Å²) in [5, 5.41) is 3.04. The van der Waals surface area contributed by atoms with Crippen LogP contribution in [0.4, 0.5) is 10.5 Å². The van der Waals surface area contributed by atoms with Crippen molar-refractivity contribution in [2.75, 3.05) is 51.5 Å². The van der Waals surface area contributed by atoms with E-state index in [-0.39, 0.29) is 24.8 Å². The number of anilines is 1. The Hall–Kier alpha value is -3.46. The van der Waals surface area contributed by atoms with Crippen molar-refractivity contribution in [1.29, 1.82) is 0 Å². The number of hydrogen-bond donors (Lipinski definition) is 1. The molecule has 0 saturated carbocycles. The van der Waals surface area contributed by atoms with E-state index in [9.17, 15) is 9.59 Å². The molecule has 5 rings (SSSR count). The molecule has 2 fully saturated rings. The lowest BCUT2D eigenvalue weighted by atomic mass is 10.1. The van der Waals surface area contributed by atoms with Gasteiger partial charge in [-0.05, 0) is 29.8 Å². The van der Waals surface area contributed by atoms with Gasteiger partial charge in [-0.1, -0.05) is 12.1 Å². The molecule has 2 saturated heterocycles. The van der Waals surface area contributed by atoms with Crippen molar-refractivity contribution in [3.63, 3.8) is 0 Å². The zero-order valence-corrected chi connectivity index (χ0v) is 18.7. The van der Waals surface area contributed by atoms with Gasteiger partial charge in [0.1, 0.15) is 5.75 Å². The molecule has 0 spiro atoms. The van der Waals surface area contributed by atoms with Crippen LogP contribution < -0.4 is 24.4 Å². The van der Waals surface area contributed by atoms with Crippen LogP contribution in [0.2, 0.25) is 0 Å².